The van der Waals surface area contributed by atoms with Crippen LogP contribution in [0.5, 0.6) is 11.5 Å². The zero-order chi connectivity index (χ0) is 17.5. The zero-order valence-corrected chi connectivity index (χ0v) is 13.4. The molecule has 2 rings (SSSR count). The predicted octanol–water partition coefficient (Wildman–Crippen LogP) is 2.69. The summed E-state index contributed by atoms with van der Waals surface area (Å²) in [5.74, 6) is 0.00219. The van der Waals surface area contributed by atoms with Crippen LogP contribution in [0.4, 0.5) is 5.69 Å². The lowest BCUT2D eigenvalue weighted by molar-refractivity contribution is -0.386. The number of hydrogen-bond donors (Lipinski definition) is 1. The molecule has 0 fully saturated rings. The molecule has 0 saturated carbocycles. The van der Waals surface area contributed by atoms with E-state index in [2.05, 4.69) is 5.32 Å². The molecule has 1 amide bonds. The lowest BCUT2D eigenvalue weighted by Crippen LogP contribution is -2.36. The summed E-state index contributed by atoms with van der Waals surface area (Å²) in [6.07, 6.45) is -0.874. The summed E-state index contributed by atoms with van der Waals surface area (Å²) in [5.41, 5.74) is 0.700. The summed E-state index contributed by atoms with van der Waals surface area (Å²) < 4.78 is 10.4. The number of benzene rings is 2. The predicted molar refractivity (Wildman–Crippen MR) is 88.0 cm³/mol. The molecule has 7 nitrogen and oxygen atoms in total. The maximum absolute atomic E-state index is 12.1. The van der Waals surface area contributed by atoms with E-state index in [-0.39, 0.29) is 17.3 Å². The highest BCUT2D eigenvalue weighted by Gasteiger charge is 2.21. The van der Waals surface area contributed by atoms with Gasteiger partial charge in [-0.2, -0.15) is 0 Å². The minimum absolute atomic E-state index is 0.0168. The van der Waals surface area contributed by atoms with Gasteiger partial charge in [0, 0.05) is 6.54 Å². The highest BCUT2D eigenvalue weighted by Crippen LogP contribution is 2.31. The highest BCUT2D eigenvalue weighted by molar-refractivity contribution is 5.80. The van der Waals surface area contributed by atoms with Gasteiger partial charge in [-0.1, -0.05) is 30.3 Å². The number of carbonyl (C=O) groups excluding carboxylic acids is 1. The van der Waals surface area contributed by atoms with Crippen molar-refractivity contribution in [3.8, 4) is 11.5 Å². The molecule has 0 aliphatic rings. The Morgan fingerprint density at radius 1 is 1.25 bits per heavy atom. The Bertz CT molecular complexity index is 718. The normalized spacial score (nSPS) is 11.4. The van der Waals surface area contributed by atoms with Gasteiger partial charge in [-0.25, -0.2) is 0 Å². The molecule has 0 aliphatic carbocycles. The van der Waals surface area contributed by atoms with Crippen LogP contribution in [0.3, 0.4) is 0 Å². The summed E-state index contributed by atoms with van der Waals surface area (Å²) in [7, 11) is 1.42. The van der Waals surface area contributed by atoms with Crippen LogP contribution in [0.15, 0.2) is 48.5 Å². The van der Waals surface area contributed by atoms with Gasteiger partial charge >= 0.3 is 5.69 Å². The van der Waals surface area contributed by atoms with Gasteiger partial charge < -0.3 is 14.8 Å². The van der Waals surface area contributed by atoms with Crippen LogP contribution < -0.4 is 14.8 Å². The van der Waals surface area contributed by atoms with Crippen molar-refractivity contribution in [2.45, 2.75) is 19.6 Å². The standard InChI is InChI=1S/C17H18N2O5/c1-12(17(20)18-11-13-6-4-3-5-7-13)24-16-9-8-14(23-2)10-15(16)19(21)22/h3-10,12H,11H2,1-2H3,(H,18,20)/t12-/m1/s1. The van der Waals surface area contributed by atoms with Crippen molar-refractivity contribution in [1.82, 2.24) is 5.32 Å². The average molecular weight is 330 g/mol. The van der Waals surface area contributed by atoms with Crippen LogP contribution in [-0.2, 0) is 11.3 Å². The number of ether oxygens (including phenoxy) is 2. The fourth-order valence-corrected chi connectivity index (χ4v) is 2.04. The van der Waals surface area contributed by atoms with Crippen LogP contribution in [0.25, 0.3) is 0 Å². The molecule has 7 heteroatoms. The first-order valence-corrected chi connectivity index (χ1v) is 7.32. The topological polar surface area (TPSA) is 90.7 Å². The first-order valence-electron chi connectivity index (χ1n) is 7.32. The molecule has 0 spiro atoms. The van der Waals surface area contributed by atoms with E-state index in [0.29, 0.717) is 12.3 Å². The van der Waals surface area contributed by atoms with Gasteiger partial charge in [0.2, 0.25) is 0 Å². The average Bonchev–Trinajstić information content (AvgIpc) is 2.60. The number of carbonyl (C=O) groups is 1. The van der Waals surface area contributed by atoms with Crippen LogP contribution in [-0.4, -0.2) is 24.0 Å². The number of nitro groups is 1. The van der Waals surface area contributed by atoms with Crippen molar-refractivity contribution in [3.05, 3.63) is 64.2 Å². The van der Waals surface area contributed by atoms with Gasteiger partial charge in [0.15, 0.2) is 11.9 Å². The van der Waals surface area contributed by atoms with E-state index in [1.54, 1.807) is 0 Å². The third kappa shape index (κ3) is 4.45. The van der Waals surface area contributed by atoms with E-state index >= 15 is 0 Å². The molecule has 2 aromatic carbocycles. The fraction of sp³-hybridized carbons (Fsp3) is 0.235. The van der Waals surface area contributed by atoms with E-state index < -0.39 is 11.0 Å². The summed E-state index contributed by atoms with van der Waals surface area (Å²) >= 11 is 0. The second kappa shape index (κ2) is 7.96. The molecule has 1 N–H and O–H groups in total. The van der Waals surface area contributed by atoms with E-state index in [1.807, 2.05) is 30.3 Å². The van der Waals surface area contributed by atoms with Gasteiger partial charge in [0.25, 0.3) is 5.91 Å². The molecule has 24 heavy (non-hydrogen) atoms. The molecule has 0 saturated heterocycles. The summed E-state index contributed by atoms with van der Waals surface area (Å²) in [4.78, 5) is 22.6. The molecular formula is C17H18N2O5. The first-order chi connectivity index (χ1) is 11.5. The zero-order valence-electron chi connectivity index (χ0n) is 13.4. The molecule has 0 aliphatic heterocycles. The Kier molecular flexibility index (Phi) is 5.73. The molecule has 0 unspecified atom stereocenters. The number of amides is 1. The van der Waals surface area contributed by atoms with Gasteiger partial charge in [-0.3, -0.25) is 14.9 Å². The highest BCUT2D eigenvalue weighted by atomic mass is 16.6. The first kappa shape index (κ1) is 17.3. The molecule has 0 aromatic heterocycles. The Hall–Kier alpha value is -3.09. The van der Waals surface area contributed by atoms with Gasteiger partial charge in [0.1, 0.15) is 5.75 Å². The van der Waals surface area contributed by atoms with Crippen molar-refractivity contribution in [1.29, 1.82) is 0 Å². The van der Waals surface area contributed by atoms with E-state index in [0.717, 1.165) is 5.56 Å². The number of hydrogen-bond acceptors (Lipinski definition) is 5. The van der Waals surface area contributed by atoms with Crippen molar-refractivity contribution >= 4 is 11.6 Å². The minimum Gasteiger partial charge on any atom is -0.496 e. The Balaban J connectivity index is 2.02. The summed E-state index contributed by atoms with van der Waals surface area (Å²) in [6.45, 7) is 1.90. The third-order valence-electron chi connectivity index (χ3n) is 3.35. The quantitative estimate of drug-likeness (QED) is 0.622. The van der Waals surface area contributed by atoms with Crippen LogP contribution >= 0.6 is 0 Å². The smallest absolute Gasteiger partial charge is 0.314 e. The van der Waals surface area contributed by atoms with E-state index in [4.69, 9.17) is 9.47 Å². The van der Waals surface area contributed by atoms with E-state index in [9.17, 15) is 14.9 Å². The summed E-state index contributed by atoms with van der Waals surface area (Å²) in [6, 6.07) is 13.6. The Morgan fingerprint density at radius 3 is 2.58 bits per heavy atom. The number of nitrogens with zero attached hydrogens (tertiary/aromatic N) is 1. The minimum atomic E-state index is -0.874. The van der Waals surface area contributed by atoms with Crippen LogP contribution in [0.1, 0.15) is 12.5 Å². The molecule has 0 radical (unpaired) electrons. The second-order valence-electron chi connectivity index (χ2n) is 5.05. The number of nitro benzene ring substituents is 1. The molecule has 0 bridgehead atoms. The Labute approximate surface area is 139 Å². The lowest BCUT2D eigenvalue weighted by Gasteiger charge is -2.15. The van der Waals surface area contributed by atoms with Gasteiger partial charge in [-0.05, 0) is 24.6 Å². The molecule has 126 valence electrons. The second-order valence-corrected chi connectivity index (χ2v) is 5.05. The maximum Gasteiger partial charge on any atom is 0.314 e. The molecule has 1 atom stereocenters. The van der Waals surface area contributed by atoms with Gasteiger partial charge in [0.05, 0.1) is 18.1 Å². The molecule has 2 aromatic rings. The Morgan fingerprint density at radius 2 is 1.96 bits per heavy atom. The largest absolute Gasteiger partial charge is 0.496 e. The van der Waals surface area contributed by atoms with E-state index in [1.165, 1.54) is 32.2 Å². The van der Waals surface area contributed by atoms with Crippen molar-refractivity contribution in [2.75, 3.05) is 7.11 Å². The van der Waals surface area contributed by atoms with Crippen molar-refractivity contribution in [2.24, 2.45) is 0 Å². The molecule has 0 heterocycles. The number of nitrogens with one attached hydrogen (secondary N) is 1. The van der Waals surface area contributed by atoms with Crippen molar-refractivity contribution < 1.29 is 19.2 Å². The summed E-state index contributed by atoms with van der Waals surface area (Å²) in [5, 5.41) is 13.9. The SMILES string of the molecule is COc1ccc(O[C@H](C)C(=O)NCc2ccccc2)c([N+](=O)[O-])c1. The third-order valence-corrected chi connectivity index (χ3v) is 3.35. The lowest BCUT2D eigenvalue weighted by atomic mass is 10.2. The van der Waals surface area contributed by atoms with Gasteiger partial charge in [-0.15, -0.1) is 0 Å². The monoisotopic (exact) mass is 330 g/mol. The van der Waals surface area contributed by atoms with Crippen molar-refractivity contribution in [3.63, 3.8) is 0 Å². The van der Waals surface area contributed by atoms with Crippen LogP contribution in [0, 0.1) is 10.1 Å². The maximum atomic E-state index is 12.1. The van der Waals surface area contributed by atoms with Crippen LogP contribution in [0.2, 0.25) is 0 Å². The number of rotatable bonds is 7. The molecular weight excluding hydrogens is 312 g/mol. The number of methoxy groups -OCH3 is 1. The fourth-order valence-electron chi connectivity index (χ4n) is 2.04.